The van der Waals surface area contributed by atoms with Gasteiger partial charge in [0.25, 0.3) is 0 Å². The van der Waals surface area contributed by atoms with Gasteiger partial charge in [0.2, 0.25) is 0 Å². The Balaban J connectivity index is 2.20. The quantitative estimate of drug-likeness (QED) is 0.510. The maximum absolute atomic E-state index is 9.70. The van der Waals surface area contributed by atoms with E-state index in [2.05, 4.69) is 6.92 Å². The molecule has 126 valence electrons. The van der Waals surface area contributed by atoms with Gasteiger partial charge in [-0.15, -0.1) is 0 Å². The fraction of sp³-hybridized carbons (Fsp3) is 0.647. The van der Waals surface area contributed by atoms with E-state index in [-0.39, 0.29) is 26.4 Å². The highest BCUT2D eigenvalue weighted by Crippen LogP contribution is 2.14. The topological polar surface area (TPSA) is 79.2 Å². The molecule has 5 nitrogen and oxygen atoms in total. The third-order valence-corrected chi connectivity index (χ3v) is 3.27. The lowest BCUT2D eigenvalue weighted by molar-refractivity contribution is -0.0337. The van der Waals surface area contributed by atoms with E-state index in [4.69, 9.17) is 19.7 Å². The van der Waals surface area contributed by atoms with Gasteiger partial charge in [0.15, 0.2) is 0 Å². The molecule has 0 radical (unpaired) electrons. The van der Waals surface area contributed by atoms with E-state index in [9.17, 15) is 5.11 Å². The van der Waals surface area contributed by atoms with Gasteiger partial charge < -0.3 is 24.8 Å². The molecule has 0 heterocycles. The molecule has 0 fully saturated rings. The molecule has 0 spiro atoms. The zero-order valence-corrected chi connectivity index (χ0v) is 13.3. The van der Waals surface area contributed by atoms with Crippen LogP contribution in [0.25, 0.3) is 0 Å². The van der Waals surface area contributed by atoms with Crippen molar-refractivity contribution in [3.05, 3.63) is 29.8 Å². The maximum atomic E-state index is 9.70. The second-order valence-electron chi connectivity index (χ2n) is 5.44. The molecule has 22 heavy (non-hydrogen) atoms. The van der Waals surface area contributed by atoms with Crippen molar-refractivity contribution in [3.8, 4) is 5.75 Å². The van der Waals surface area contributed by atoms with Crippen molar-refractivity contribution in [1.82, 2.24) is 0 Å². The van der Waals surface area contributed by atoms with Crippen LogP contribution in [0, 0.1) is 0 Å². The summed E-state index contributed by atoms with van der Waals surface area (Å²) in [5.41, 5.74) is 1.29. The number of aryl methyl sites for hydroxylation is 1. The van der Waals surface area contributed by atoms with Crippen LogP contribution in [0.2, 0.25) is 0 Å². The Morgan fingerprint density at radius 2 is 1.64 bits per heavy atom. The molecule has 2 atom stereocenters. The molecule has 0 saturated carbocycles. The number of aliphatic hydroxyl groups excluding tert-OH is 3. The first-order valence-corrected chi connectivity index (χ1v) is 7.92. The number of aliphatic hydroxyl groups is 3. The standard InChI is InChI=1S/C17H28O5/c1-2-3-4-5-14-6-8-17(9-7-14)22-13-16(20)12-21-11-15(19)10-18/h6-9,15-16,18-20H,2-5,10-13H2,1H3. The molecule has 3 N–H and O–H groups in total. The summed E-state index contributed by atoms with van der Waals surface area (Å²) >= 11 is 0. The van der Waals surface area contributed by atoms with Crippen LogP contribution in [-0.2, 0) is 11.2 Å². The fourth-order valence-corrected chi connectivity index (χ4v) is 1.96. The van der Waals surface area contributed by atoms with Crippen LogP contribution in [0.15, 0.2) is 24.3 Å². The first kappa shape index (κ1) is 18.9. The third-order valence-electron chi connectivity index (χ3n) is 3.27. The van der Waals surface area contributed by atoms with Gasteiger partial charge in [0.1, 0.15) is 24.6 Å². The van der Waals surface area contributed by atoms with E-state index in [1.165, 1.54) is 24.8 Å². The molecule has 1 aromatic rings. The molecule has 2 unspecified atom stereocenters. The molecule has 1 aromatic carbocycles. The SMILES string of the molecule is CCCCCc1ccc(OCC(O)COCC(O)CO)cc1. The minimum absolute atomic E-state index is 0.0000168. The van der Waals surface area contributed by atoms with Gasteiger partial charge >= 0.3 is 0 Å². The summed E-state index contributed by atoms with van der Waals surface area (Å²) in [6.07, 6.45) is 3.07. The van der Waals surface area contributed by atoms with E-state index in [0.717, 1.165) is 6.42 Å². The van der Waals surface area contributed by atoms with Crippen LogP contribution < -0.4 is 4.74 Å². The zero-order chi connectivity index (χ0) is 16.2. The van der Waals surface area contributed by atoms with Crippen molar-refractivity contribution in [2.45, 2.75) is 44.8 Å². The average Bonchev–Trinajstić information content (AvgIpc) is 2.54. The summed E-state index contributed by atoms with van der Waals surface area (Å²) in [5, 5.41) is 27.4. The monoisotopic (exact) mass is 312 g/mol. The normalized spacial score (nSPS) is 13.8. The lowest BCUT2D eigenvalue weighted by Crippen LogP contribution is -2.27. The van der Waals surface area contributed by atoms with Gasteiger partial charge in [-0.05, 0) is 30.5 Å². The summed E-state index contributed by atoms with van der Waals surface area (Å²) < 4.78 is 10.6. The summed E-state index contributed by atoms with van der Waals surface area (Å²) in [6.45, 7) is 2.03. The zero-order valence-electron chi connectivity index (χ0n) is 13.3. The van der Waals surface area contributed by atoms with Gasteiger partial charge in [-0.3, -0.25) is 0 Å². The van der Waals surface area contributed by atoms with Gasteiger partial charge in [0, 0.05) is 0 Å². The van der Waals surface area contributed by atoms with Gasteiger partial charge in [-0.1, -0.05) is 31.9 Å². The van der Waals surface area contributed by atoms with Crippen LogP contribution in [0.5, 0.6) is 5.75 Å². The van der Waals surface area contributed by atoms with Crippen LogP contribution in [0.3, 0.4) is 0 Å². The first-order valence-electron chi connectivity index (χ1n) is 7.92. The summed E-state index contributed by atoms with van der Waals surface area (Å²) in [6, 6.07) is 7.91. The minimum atomic E-state index is -0.909. The molecule has 1 rings (SSSR count). The molecule has 0 aliphatic heterocycles. The Morgan fingerprint density at radius 1 is 0.955 bits per heavy atom. The predicted octanol–water partition coefficient (Wildman–Crippen LogP) is 1.53. The average molecular weight is 312 g/mol. The fourth-order valence-electron chi connectivity index (χ4n) is 1.96. The van der Waals surface area contributed by atoms with E-state index < -0.39 is 12.2 Å². The molecule has 0 bridgehead atoms. The molecule has 0 aromatic heterocycles. The van der Waals surface area contributed by atoms with Crippen molar-refractivity contribution in [2.75, 3.05) is 26.4 Å². The van der Waals surface area contributed by atoms with Crippen LogP contribution in [0.1, 0.15) is 31.7 Å². The highest BCUT2D eigenvalue weighted by molar-refractivity contribution is 5.27. The van der Waals surface area contributed by atoms with Crippen molar-refractivity contribution in [3.63, 3.8) is 0 Å². The van der Waals surface area contributed by atoms with E-state index in [1.807, 2.05) is 24.3 Å². The minimum Gasteiger partial charge on any atom is -0.491 e. The molecule has 5 heteroatoms. The van der Waals surface area contributed by atoms with Crippen LogP contribution >= 0.6 is 0 Å². The third kappa shape index (κ3) is 8.34. The van der Waals surface area contributed by atoms with Crippen LogP contribution in [0.4, 0.5) is 0 Å². The lowest BCUT2D eigenvalue weighted by atomic mass is 10.1. The predicted molar refractivity (Wildman–Crippen MR) is 85.1 cm³/mol. The Kier molecular flexibility index (Phi) is 9.82. The van der Waals surface area contributed by atoms with Gasteiger partial charge in [-0.2, -0.15) is 0 Å². The number of rotatable bonds is 12. The summed E-state index contributed by atoms with van der Waals surface area (Å²) in [5.74, 6) is 0.716. The van der Waals surface area contributed by atoms with E-state index in [0.29, 0.717) is 5.75 Å². The smallest absolute Gasteiger partial charge is 0.119 e. The lowest BCUT2D eigenvalue weighted by Gasteiger charge is -2.14. The maximum Gasteiger partial charge on any atom is 0.119 e. The first-order chi connectivity index (χ1) is 10.7. The summed E-state index contributed by atoms with van der Waals surface area (Å²) in [7, 11) is 0. The molecular formula is C17H28O5. The number of unbranched alkanes of at least 4 members (excludes halogenated alkanes) is 2. The molecule has 0 aliphatic rings. The Hall–Kier alpha value is -1.14. The molecule has 0 aliphatic carbocycles. The highest BCUT2D eigenvalue weighted by Gasteiger charge is 2.08. The molecular weight excluding hydrogens is 284 g/mol. The Labute approximate surface area is 132 Å². The Bertz CT molecular complexity index is 379. The van der Waals surface area contributed by atoms with E-state index in [1.54, 1.807) is 0 Å². The second kappa shape index (κ2) is 11.4. The van der Waals surface area contributed by atoms with Crippen molar-refractivity contribution >= 4 is 0 Å². The number of hydrogen-bond donors (Lipinski definition) is 3. The van der Waals surface area contributed by atoms with Gasteiger partial charge in [0.05, 0.1) is 19.8 Å². The largest absolute Gasteiger partial charge is 0.491 e. The van der Waals surface area contributed by atoms with Crippen molar-refractivity contribution in [2.24, 2.45) is 0 Å². The molecule has 0 saturated heterocycles. The van der Waals surface area contributed by atoms with E-state index >= 15 is 0 Å². The Morgan fingerprint density at radius 3 is 2.27 bits per heavy atom. The van der Waals surface area contributed by atoms with Crippen molar-refractivity contribution in [1.29, 1.82) is 0 Å². The highest BCUT2D eigenvalue weighted by atomic mass is 16.5. The molecule has 0 amide bonds. The van der Waals surface area contributed by atoms with Gasteiger partial charge in [-0.25, -0.2) is 0 Å². The number of ether oxygens (including phenoxy) is 2. The van der Waals surface area contributed by atoms with Crippen LogP contribution in [-0.4, -0.2) is 54.0 Å². The second-order valence-corrected chi connectivity index (χ2v) is 5.44. The van der Waals surface area contributed by atoms with Crippen molar-refractivity contribution < 1.29 is 24.8 Å². The number of benzene rings is 1. The number of hydrogen-bond acceptors (Lipinski definition) is 5. The summed E-state index contributed by atoms with van der Waals surface area (Å²) in [4.78, 5) is 0.